The molecule has 0 aromatic heterocycles. The molecule has 5 heteroatoms. The van der Waals surface area contributed by atoms with Crippen molar-refractivity contribution in [3.8, 4) is 0 Å². The van der Waals surface area contributed by atoms with Crippen LogP contribution in [0.3, 0.4) is 0 Å². The van der Waals surface area contributed by atoms with Crippen LogP contribution in [0.5, 0.6) is 0 Å². The second-order valence-corrected chi connectivity index (χ2v) is 3.85. The summed E-state index contributed by atoms with van der Waals surface area (Å²) in [5.74, 6) is 0. The van der Waals surface area contributed by atoms with Crippen molar-refractivity contribution in [2.24, 2.45) is 5.73 Å². The lowest BCUT2D eigenvalue weighted by Gasteiger charge is -2.25. The highest BCUT2D eigenvalue weighted by Crippen LogP contribution is 2.23. The lowest BCUT2D eigenvalue weighted by molar-refractivity contribution is 0.281. The molecule has 1 aromatic carbocycles. The molecule has 0 amide bonds. The first kappa shape index (κ1) is 13.3. The van der Waals surface area contributed by atoms with Crippen molar-refractivity contribution in [2.45, 2.75) is 6.54 Å². The maximum Gasteiger partial charge on any atom is 0.0606 e. The molecule has 0 saturated carbocycles. The third-order valence-corrected chi connectivity index (χ3v) is 2.58. The molecular weight excluding hydrogens is 228 g/mol. The summed E-state index contributed by atoms with van der Waals surface area (Å²) in [5.41, 5.74) is 7.46. The van der Waals surface area contributed by atoms with Crippen LogP contribution >= 0.6 is 11.6 Å². The van der Waals surface area contributed by atoms with Crippen LogP contribution in [0.1, 0.15) is 5.56 Å². The monoisotopic (exact) mass is 244 g/mol. The molecule has 1 aromatic rings. The molecule has 0 aliphatic rings. The molecule has 0 aliphatic carbocycles. The van der Waals surface area contributed by atoms with E-state index in [-0.39, 0.29) is 13.2 Å². The van der Waals surface area contributed by atoms with Crippen LogP contribution in [0, 0.1) is 0 Å². The normalized spacial score (nSPS) is 10.5. The van der Waals surface area contributed by atoms with E-state index in [1.54, 1.807) is 12.1 Å². The molecule has 0 heterocycles. The van der Waals surface area contributed by atoms with E-state index in [0.717, 1.165) is 11.3 Å². The SMILES string of the molecule is NCc1cc(Cl)ccc1N(CCO)CCO. The van der Waals surface area contributed by atoms with Crippen LogP contribution in [0.2, 0.25) is 5.02 Å². The van der Waals surface area contributed by atoms with Crippen LogP contribution in [0.25, 0.3) is 0 Å². The minimum Gasteiger partial charge on any atom is -0.395 e. The standard InChI is InChI=1S/C11H17ClN2O2/c12-10-1-2-11(9(7-10)8-13)14(3-5-15)4-6-16/h1-2,7,15-16H,3-6,8,13H2. The van der Waals surface area contributed by atoms with Gasteiger partial charge < -0.3 is 20.8 Å². The number of hydrogen-bond donors (Lipinski definition) is 3. The van der Waals surface area contributed by atoms with Gasteiger partial charge in [-0.2, -0.15) is 0 Å². The van der Waals surface area contributed by atoms with E-state index in [4.69, 9.17) is 27.5 Å². The van der Waals surface area contributed by atoms with Crippen LogP contribution in [0.4, 0.5) is 5.69 Å². The zero-order valence-corrected chi connectivity index (χ0v) is 9.82. The highest BCUT2D eigenvalue weighted by Gasteiger charge is 2.10. The van der Waals surface area contributed by atoms with E-state index in [1.165, 1.54) is 0 Å². The van der Waals surface area contributed by atoms with Crippen molar-refractivity contribution in [2.75, 3.05) is 31.2 Å². The molecule has 0 saturated heterocycles. The Morgan fingerprint density at radius 2 is 1.81 bits per heavy atom. The highest BCUT2D eigenvalue weighted by molar-refractivity contribution is 6.30. The van der Waals surface area contributed by atoms with E-state index in [1.807, 2.05) is 11.0 Å². The highest BCUT2D eigenvalue weighted by atomic mass is 35.5. The summed E-state index contributed by atoms with van der Waals surface area (Å²) in [7, 11) is 0. The van der Waals surface area contributed by atoms with Crippen LogP contribution in [-0.4, -0.2) is 36.5 Å². The first-order valence-corrected chi connectivity index (χ1v) is 5.56. The van der Waals surface area contributed by atoms with Gasteiger partial charge in [-0.3, -0.25) is 0 Å². The molecule has 90 valence electrons. The third-order valence-electron chi connectivity index (χ3n) is 2.34. The van der Waals surface area contributed by atoms with Gasteiger partial charge in [0.1, 0.15) is 0 Å². The number of rotatable bonds is 6. The molecule has 0 fully saturated rings. The van der Waals surface area contributed by atoms with E-state index in [9.17, 15) is 0 Å². The Balaban J connectivity index is 2.97. The summed E-state index contributed by atoms with van der Waals surface area (Å²) in [6.45, 7) is 1.38. The lowest BCUT2D eigenvalue weighted by Crippen LogP contribution is -2.30. The number of halogens is 1. The van der Waals surface area contributed by atoms with Crippen LogP contribution in [-0.2, 0) is 6.54 Å². The van der Waals surface area contributed by atoms with Gasteiger partial charge in [-0.15, -0.1) is 0 Å². The Bertz CT molecular complexity index is 328. The van der Waals surface area contributed by atoms with Gasteiger partial charge in [-0.05, 0) is 23.8 Å². The minimum atomic E-state index is 0.0344. The Morgan fingerprint density at radius 1 is 1.19 bits per heavy atom. The molecular formula is C11H17ClN2O2. The number of aliphatic hydroxyl groups excluding tert-OH is 2. The largest absolute Gasteiger partial charge is 0.395 e. The Kier molecular flexibility index (Phi) is 5.55. The number of nitrogens with two attached hydrogens (primary N) is 1. The summed E-state index contributed by atoms with van der Waals surface area (Å²) in [5, 5.41) is 18.6. The molecule has 0 atom stereocenters. The lowest BCUT2D eigenvalue weighted by atomic mass is 10.1. The molecule has 0 bridgehead atoms. The number of hydrogen-bond acceptors (Lipinski definition) is 4. The molecule has 0 spiro atoms. The van der Waals surface area contributed by atoms with Gasteiger partial charge in [0.05, 0.1) is 13.2 Å². The van der Waals surface area contributed by atoms with Crippen molar-refractivity contribution in [3.05, 3.63) is 28.8 Å². The third kappa shape index (κ3) is 3.35. The zero-order chi connectivity index (χ0) is 12.0. The Hall–Kier alpha value is -0.810. The maximum absolute atomic E-state index is 8.96. The second-order valence-electron chi connectivity index (χ2n) is 3.41. The van der Waals surface area contributed by atoms with Crippen molar-refractivity contribution in [1.82, 2.24) is 0 Å². The molecule has 4 N–H and O–H groups in total. The second kappa shape index (κ2) is 6.70. The molecule has 0 radical (unpaired) electrons. The molecule has 16 heavy (non-hydrogen) atoms. The molecule has 1 rings (SSSR count). The topological polar surface area (TPSA) is 69.7 Å². The number of anilines is 1. The first-order valence-electron chi connectivity index (χ1n) is 5.18. The minimum absolute atomic E-state index is 0.0344. The number of nitrogens with zero attached hydrogens (tertiary/aromatic N) is 1. The van der Waals surface area contributed by atoms with Crippen molar-refractivity contribution in [3.63, 3.8) is 0 Å². The fraction of sp³-hybridized carbons (Fsp3) is 0.455. The summed E-state index contributed by atoms with van der Waals surface area (Å²) in [4.78, 5) is 1.89. The Morgan fingerprint density at radius 3 is 2.31 bits per heavy atom. The van der Waals surface area contributed by atoms with E-state index >= 15 is 0 Å². The maximum atomic E-state index is 8.96. The fourth-order valence-corrected chi connectivity index (χ4v) is 1.81. The summed E-state index contributed by atoms with van der Waals surface area (Å²) in [6, 6.07) is 5.44. The van der Waals surface area contributed by atoms with E-state index in [0.29, 0.717) is 24.7 Å². The average Bonchev–Trinajstić information content (AvgIpc) is 2.28. The van der Waals surface area contributed by atoms with Crippen molar-refractivity contribution >= 4 is 17.3 Å². The first-order chi connectivity index (χ1) is 7.72. The van der Waals surface area contributed by atoms with Gasteiger partial charge in [0, 0.05) is 30.3 Å². The number of benzene rings is 1. The van der Waals surface area contributed by atoms with Crippen molar-refractivity contribution in [1.29, 1.82) is 0 Å². The van der Waals surface area contributed by atoms with E-state index < -0.39 is 0 Å². The van der Waals surface area contributed by atoms with Gasteiger partial charge in [-0.1, -0.05) is 11.6 Å². The van der Waals surface area contributed by atoms with Gasteiger partial charge in [-0.25, -0.2) is 0 Å². The smallest absolute Gasteiger partial charge is 0.0606 e. The van der Waals surface area contributed by atoms with Crippen molar-refractivity contribution < 1.29 is 10.2 Å². The fourth-order valence-electron chi connectivity index (χ4n) is 1.62. The quantitative estimate of drug-likeness (QED) is 0.685. The van der Waals surface area contributed by atoms with Gasteiger partial charge in [0.25, 0.3) is 0 Å². The predicted molar refractivity (Wildman–Crippen MR) is 65.7 cm³/mol. The van der Waals surface area contributed by atoms with Crippen LogP contribution < -0.4 is 10.6 Å². The number of aliphatic hydroxyl groups is 2. The van der Waals surface area contributed by atoms with Crippen LogP contribution in [0.15, 0.2) is 18.2 Å². The summed E-state index contributed by atoms with van der Waals surface area (Å²) < 4.78 is 0. The average molecular weight is 245 g/mol. The Labute approximate surface area is 100 Å². The molecule has 0 unspecified atom stereocenters. The van der Waals surface area contributed by atoms with Gasteiger partial charge in [0.15, 0.2) is 0 Å². The van der Waals surface area contributed by atoms with Gasteiger partial charge >= 0.3 is 0 Å². The van der Waals surface area contributed by atoms with E-state index in [2.05, 4.69) is 0 Å². The van der Waals surface area contributed by atoms with Gasteiger partial charge in [0.2, 0.25) is 0 Å². The molecule has 0 aliphatic heterocycles. The molecule has 4 nitrogen and oxygen atoms in total. The summed E-state index contributed by atoms with van der Waals surface area (Å²) >= 11 is 5.88. The predicted octanol–water partition coefficient (Wildman–Crippen LogP) is 0.590. The summed E-state index contributed by atoms with van der Waals surface area (Å²) in [6.07, 6.45) is 0. The zero-order valence-electron chi connectivity index (χ0n) is 9.06.